The summed E-state index contributed by atoms with van der Waals surface area (Å²) in [5, 5.41) is 0. The van der Waals surface area contributed by atoms with E-state index in [-0.39, 0.29) is 22.4 Å². The molecule has 7 atom stereocenters. The Morgan fingerprint density at radius 3 is 2.59 bits per heavy atom. The van der Waals surface area contributed by atoms with E-state index in [9.17, 15) is 9.59 Å². The molecule has 6 rings (SSSR count). The monoisotopic (exact) mass is 392 g/mol. The van der Waals surface area contributed by atoms with Crippen molar-refractivity contribution in [3.63, 3.8) is 0 Å². The van der Waals surface area contributed by atoms with Crippen LogP contribution in [0.3, 0.4) is 0 Å². The predicted octanol–water partition coefficient (Wildman–Crippen LogP) is 5.32. The zero-order valence-corrected chi connectivity index (χ0v) is 17.7. The lowest BCUT2D eigenvalue weighted by Gasteiger charge is -2.58. The van der Waals surface area contributed by atoms with Crippen LogP contribution in [0.2, 0.25) is 0 Å². The summed E-state index contributed by atoms with van der Waals surface area (Å²) in [6.07, 6.45) is 18.2. The van der Waals surface area contributed by atoms with Gasteiger partial charge in [0.2, 0.25) is 0 Å². The van der Waals surface area contributed by atoms with Gasteiger partial charge in [0.05, 0.1) is 0 Å². The smallest absolute Gasteiger partial charge is 0.306 e. The van der Waals surface area contributed by atoms with E-state index in [0.29, 0.717) is 42.3 Å². The van der Waals surface area contributed by atoms with Crippen molar-refractivity contribution < 1.29 is 14.3 Å². The summed E-state index contributed by atoms with van der Waals surface area (Å²) in [6, 6.07) is 0. The van der Waals surface area contributed by atoms with Crippen LogP contribution in [0.15, 0.2) is 35.5 Å². The summed E-state index contributed by atoms with van der Waals surface area (Å²) in [5.74, 6) is 2.74. The molecular weight excluding hydrogens is 360 g/mol. The second-order valence-electron chi connectivity index (χ2n) is 11.2. The number of ether oxygens (including phenoxy) is 1. The summed E-state index contributed by atoms with van der Waals surface area (Å²) in [4.78, 5) is 24.0. The Morgan fingerprint density at radius 2 is 1.79 bits per heavy atom. The molecule has 0 unspecified atom stereocenters. The molecule has 1 saturated heterocycles. The number of carbonyl (C=O) groups is 2. The number of hydrogen-bond acceptors (Lipinski definition) is 3. The first-order valence-corrected chi connectivity index (χ1v) is 11.7. The summed E-state index contributed by atoms with van der Waals surface area (Å²) in [7, 11) is 0. The molecule has 0 aromatic rings. The molecule has 0 N–H and O–H groups in total. The first kappa shape index (κ1) is 18.2. The third kappa shape index (κ3) is 2.25. The van der Waals surface area contributed by atoms with E-state index in [1.165, 1.54) is 36.8 Å². The van der Waals surface area contributed by atoms with Crippen LogP contribution >= 0.6 is 0 Å². The van der Waals surface area contributed by atoms with Crippen molar-refractivity contribution in [1.82, 2.24) is 0 Å². The fourth-order valence-electron chi connectivity index (χ4n) is 8.53. The average molecular weight is 393 g/mol. The van der Waals surface area contributed by atoms with Gasteiger partial charge in [-0.2, -0.15) is 0 Å². The highest BCUT2D eigenvalue weighted by Gasteiger charge is 2.66. The number of esters is 1. The molecule has 1 heterocycles. The zero-order valence-electron chi connectivity index (χ0n) is 17.7. The highest BCUT2D eigenvalue weighted by atomic mass is 16.6. The van der Waals surface area contributed by atoms with E-state index < -0.39 is 0 Å². The van der Waals surface area contributed by atoms with Crippen LogP contribution in [-0.4, -0.2) is 17.4 Å². The number of carbonyl (C=O) groups excluding carboxylic acids is 2. The molecule has 6 aliphatic rings. The largest absolute Gasteiger partial charge is 0.458 e. The lowest BCUT2D eigenvalue weighted by molar-refractivity contribution is -0.165. The van der Waals surface area contributed by atoms with E-state index in [1.807, 2.05) is 6.08 Å². The van der Waals surface area contributed by atoms with Gasteiger partial charge in [-0.3, -0.25) is 9.59 Å². The number of ketones is 1. The fraction of sp³-hybridized carbons (Fsp3) is 0.692. The van der Waals surface area contributed by atoms with Crippen LogP contribution < -0.4 is 0 Å². The maximum absolute atomic E-state index is 12.0. The van der Waals surface area contributed by atoms with Crippen molar-refractivity contribution in [2.75, 3.05) is 0 Å². The van der Waals surface area contributed by atoms with Crippen LogP contribution in [-0.2, 0) is 14.3 Å². The minimum absolute atomic E-state index is 0.0174. The standard InChI is InChI=1S/C26H32O3/c1-24-15-16-3-5-19(27)14-17(16)13-18(24)4-6-20-21(24)7-10-25(2)22(20)8-11-26(25)12-9-23(28)29-26/h4,6,13-14,16,20-22H,3,5,7-12,15H2,1-2H3/t16-,20-,21+,22+,24+,25+,26-/m1/s1. The van der Waals surface area contributed by atoms with Gasteiger partial charge in [0.1, 0.15) is 5.60 Å². The van der Waals surface area contributed by atoms with Gasteiger partial charge in [0.25, 0.3) is 0 Å². The molecule has 3 fully saturated rings. The molecule has 0 bridgehead atoms. The molecule has 0 aromatic carbocycles. The molecule has 0 amide bonds. The SMILES string of the molecule is C[C@]12C[C@H]3CCC(=O)C=C3C=C1C=C[C@@H]1[C@@H]2CC[C@@]2(C)[C@H]1CC[C@@]21CCC(=O)O1. The number of allylic oxidation sites excluding steroid dienone is 6. The van der Waals surface area contributed by atoms with Gasteiger partial charge in [0, 0.05) is 18.3 Å². The second kappa shape index (κ2) is 5.74. The van der Waals surface area contributed by atoms with Gasteiger partial charge in [0.15, 0.2) is 5.78 Å². The number of fused-ring (bicyclic) bond motifs is 7. The Morgan fingerprint density at radius 1 is 0.966 bits per heavy atom. The van der Waals surface area contributed by atoms with Gasteiger partial charge in [-0.25, -0.2) is 0 Å². The summed E-state index contributed by atoms with van der Waals surface area (Å²) < 4.78 is 6.06. The Bertz CT molecular complexity index is 894. The Labute approximate surface area is 173 Å². The topological polar surface area (TPSA) is 43.4 Å². The van der Waals surface area contributed by atoms with Gasteiger partial charge in [-0.15, -0.1) is 0 Å². The van der Waals surface area contributed by atoms with Gasteiger partial charge in [-0.05, 0) is 91.3 Å². The van der Waals surface area contributed by atoms with Crippen LogP contribution in [0.25, 0.3) is 0 Å². The third-order valence-corrected chi connectivity index (χ3v) is 10.2. The molecule has 3 nitrogen and oxygen atoms in total. The minimum Gasteiger partial charge on any atom is -0.458 e. The highest BCUT2D eigenvalue weighted by Crippen LogP contribution is 2.69. The van der Waals surface area contributed by atoms with Crippen molar-refractivity contribution in [2.24, 2.45) is 34.5 Å². The average Bonchev–Trinajstić information content (AvgIpc) is 3.21. The molecule has 2 saturated carbocycles. The van der Waals surface area contributed by atoms with Crippen LogP contribution in [0.4, 0.5) is 0 Å². The zero-order chi connectivity index (χ0) is 20.0. The van der Waals surface area contributed by atoms with E-state index >= 15 is 0 Å². The minimum atomic E-state index is -0.198. The van der Waals surface area contributed by atoms with Crippen LogP contribution in [0.1, 0.15) is 71.6 Å². The first-order chi connectivity index (χ1) is 13.8. The molecule has 0 aromatic heterocycles. The molecule has 1 spiro atoms. The summed E-state index contributed by atoms with van der Waals surface area (Å²) >= 11 is 0. The molecule has 5 aliphatic carbocycles. The lowest BCUT2D eigenvalue weighted by atomic mass is 9.47. The normalized spacial score (nSPS) is 50.3. The van der Waals surface area contributed by atoms with Gasteiger partial charge in [-0.1, -0.05) is 32.1 Å². The molecule has 154 valence electrons. The second-order valence-corrected chi connectivity index (χ2v) is 11.2. The van der Waals surface area contributed by atoms with E-state index in [4.69, 9.17) is 4.74 Å². The Kier molecular flexibility index (Phi) is 3.59. The van der Waals surface area contributed by atoms with E-state index in [0.717, 1.165) is 19.3 Å². The summed E-state index contributed by atoms with van der Waals surface area (Å²) in [6.45, 7) is 4.92. The Hall–Kier alpha value is -1.64. The molecule has 1 aliphatic heterocycles. The highest BCUT2D eigenvalue weighted by molar-refractivity contribution is 5.92. The van der Waals surface area contributed by atoms with Gasteiger partial charge >= 0.3 is 5.97 Å². The number of rotatable bonds is 0. The predicted molar refractivity (Wildman–Crippen MR) is 111 cm³/mol. The van der Waals surface area contributed by atoms with Gasteiger partial charge < -0.3 is 4.74 Å². The van der Waals surface area contributed by atoms with Crippen LogP contribution in [0, 0.1) is 34.5 Å². The first-order valence-electron chi connectivity index (χ1n) is 11.7. The van der Waals surface area contributed by atoms with Crippen molar-refractivity contribution in [3.05, 3.63) is 35.5 Å². The van der Waals surface area contributed by atoms with Crippen molar-refractivity contribution >= 4 is 11.8 Å². The summed E-state index contributed by atoms with van der Waals surface area (Å²) in [5.41, 5.74) is 2.86. The van der Waals surface area contributed by atoms with Crippen molar-refractivity contribution in [3.8, 4) is 0 Å². The maximum atomic E-state index is 12.0. The van der Waals surface area contributed by atoms with E-state index in [2.05, 4.69) is 32.1 Å². The van der Waals surface area contributed by atoms with Crippen LogP contribution in [0.5, 0.6) is 0 Å². The maximum Gasteiger partial charge on any atom is 0.306 e. The Balaban J connectivity index is 1.38. The molecule has 29 heavy (non-hydrogen) atoms. The number of hydrogen-bond donors (Lipinski definition) is 0. The molecular formula is C26H32O3. The van der Waals surface area contributed by atoms with Crippen molar-refractivity contribution in [2.45, 2.75) is 77.2 Å². The molecule has 0 radical (unpaired) electrons. The fourth-order valence-corrected chi connectivity index (χ4v) is 8.53. The quantitative estimate of drug-likeness (QED) is 0.524. The van der Waals surface area contributed by atoms with E-state index in [1.54, 1.807) is 0 Å². The molecule has 3 heteroatoms. The third-order valence-electron chi connectivity index (χ3n) is 10.2. The van der Waals surface area contributed by atoms with Crippen molar-refractivity contribution in [1.29, 1.82) is 0 Å². The lowest BCUT2D eigenvalue weighted by Crippen LogP contribution is -2.54.